The first-order valence-electron chi connectivity index (χ1n) is 10.1. The Labute approximate surface area is 181 Å². The van der Waals surface area contributed by atoms with Crippen molar-refractivity contribution in [1.29, 1.82) is 0 Å². The number of halogens is 3. The molecule has 32 heavy (non-hydrogen) atoms. The van der Waals surface area contributed by atoms with E-state index in [4.69, 9.17) is 0 Å². The number of rotatable bonds is 4. The zero-order valence-electron chi connectivity index (χ0n) is 16.9. The van der Waals surface area contributed by atoms with Crippen LogP contribution in [0, 0.1) is 0 Å². The zero-order valence-corrected chi connectivity index (χ0v) is 16.9. The van der Waals surface area contributed by atoms with Crippen molar-refractivity contribution in [3.8, 4) is 0 Å². The number of carbonyl (C=O) groups excluding carboxylic acids is 2. The van der Waals surface area contributed by atoms with Gasteiger partial charge in [0.1, 0.15) is 6.04 Å². The number of aromatic amines is 1. The molecule has 1 atom stereocenters. The van der Waals surface area contributed by atoms with Gasteiger partial charge in [0.15, 0.2) is 0 Å². The number of H-pyrrole nitrogens is 1. The lowest BCUT2D eigenvalue weighted by Crippen LogP contribution is -2.52. The molecule has 2 aromatic carbocycles. The van der Waals surface area contributed by atoms with Crippen molar-refractivity contribution < 1.29 is 22.8 Å². The first kappa shape index (κ1) is 21.6. The van der Waals surface area contributed by atoms with Gasteiger partial charge < -0.3 is 15.2 Å². The second kappa shape index (κ2) is 8.49. The van der Waals surface area contributed by atoms with E-state index in [-0.39, 0.29) is 23.6 Å². The Kier molecular flexibility index (Phi) is 5.73. The average molecular weight is 443 g/mol. The van der Waals surface area contributed by atoms with E-state index >= 15 is 0 Å². The summed E-state index contributed by atoms with van der Waals surface area (Å²) in [6.07, 6.45) is -2.13. The zero-order chi connectivity index (χ0) is 22.9. The van der Waals surface area contributed by atoms with Crippen molar-refractivity contribution in [3.05, 3.63) is 81.8 Å². The highest BCUT2D eigenvalue weighted by Crippen LogP contribution is 2.30. The summed E-state index contributed by atoms with van der Waals surface area (Å²) < 4.78 is 38.9. The van der Waals surface area contributed by atoms with Gasteiger partial charge in [-0.2, -0.15) is 13.2 Å². The number of hydrogen-bond acceptors (Lipinski definition) is 3. The summed E-state index contributed by atoms with van der Waals surface area (Å²) in [5.41, 5.74) is -0.484. The smallest absolute Gasteiger partial charge is 0.340 e. The van der Waals surface area contributed by atoms with E-state index in [1.165, 1.54) is 23.2 Å². The topological polar surface area (TPSA) is 82.3 Å². The monoisotopic (exact) mass is 443 g/mol. The Balaban J connectivity index is 1.50. The lowest BCUT2D eigenvalue weighted by molar-refractivity contribution is -0.137. The molecule has 2 N–H and O–H groups in total. The predicted octanol–water partition coefficient (Wildman–Crippen LogP) is 3.47. The average Bonchev–Trinajstić information content (AvgIpc) is 2.76. The van der Waals surface area contributed by atoms with E-state index in [0.29, 0.717) is 35.7 Å². The molecule has 2 amide bonds. The highest BCUT2D eigenvalue weighted by atomic mass is 19.4. The summed E-state index contributed by atoms with van der Waals surface area (Å²) in [6, 6.07) is 10.7. The van der Waals surface area contributed by atoms with Gasteiger partial charge in [0.05, 0.1) is 11.1 Å². The van der Waals surface area contributed by atoms with Crippen LogP contribution in [-0.4, -0.2) is 34.3 Å². The molecule has 6 nitrogen and oxygen atoms in total. The van der Waals surface area contributed by atoms with Crippen molar-refractivity contribution >= 4 is 22.6 Å². The minimum Gasteiger partial charge on any atom is -0.340 e. The van der Waals surface area contributed by atoms with Gasteiger partial charge in [-0.15, -0.1) is 0 Å². The molecule has 0 radical (unpaired) electrons. The number of benzene rings is 2. The van der Waals surface area contributed by atoms with Gasteiger partial charge in [-0.1, -0.05) is 30.3 Å². The minimum absolute atomic E-state index is 0.0245. The van der Waals surface area contributed by atoms with Gasteiger partial charge >= 0.3 is 6.18 Å². The minimum atomic E-state index is -4.46. The molecule has 0 aliphatic carbocycles. The van der Waals surface area contributed by atoms with Gasteiger partial charge in [0.25, 0.3) is 11.5 Å². The number of nitrogens with one attached hydrogen (secondary N) is 2. The van der Waals surface area contributed by atoms with Crippen molar-refractivity contribution in [2.45, 2.75) is 31.6 Å². The molecule has 1 saturated heterocycles. The molecule has 1 aromatic heterocycles. The number of fused-ring (bicyclic) bond motifs is 1. The van der Waals surface area contributed by atoms with Crippen LogP contribution in [0.3, 0.4) is 0 Å². The van der Waals surface area contributed by atoms with Gasteiger partial charge in [0, 0.05) is 30.1 Å². The maximum Gasteiger partial charge on any atom is 0.416 e. The number of aromatic nitrogens is 1. The number of carbonyl (C=O) groups is 2. The Bertz CT molecular complexity index is 1240. The van der Waals surface area contributed by atoms with Crippen molar-refractivity contribution in [1.82, 2.24) is 15.2 Å². The number of likely N-dealkylation sites (tertiary alicyclic amines) is 1. The standard InChI is InChI=1S/C23H20F3N3O3/c24-23(25,26)15-6-3-5-14(11-15)13-29-10-4-9-19(22(29)32)28-21(31)18-12-27-20(30)17-8-2-1-7-16(17)18/h1-3,5-8,11-12,19H,4,9-10,13H2,(H,27,30)(H,28,31). The molecule has 9 heteroatoms. The second-order valence-electron chi connectivity index (χ2n) is 7.70. The van der Waals surface area contributed by atoms with Crippen LogP contribution < -0.4 is 10.9 Å². The molecule has 1 aliphatic heterocycles. The van der Waals surface area contributed by atoms with Crippen LogP contribution in [0.5, 0.6) is 0 Å². The quantitative estimate of drug-likeness (QED) is 0.648. The summed E-state index contributed by atoms with van der Waals surface area (Å²) in [7, 11) is 0. The van der Waals surface area contributed by atoms with Crippen molar-refractivity contribution in [3.63, 3.8) is 0 Å². The first-order valence-corrected chi connectivity index (χ1v) is 10.1. The summed E-state index contributed by atoms with van der Waals surface area (Å²) in [5, 5.41) is 3.55. The Hall–Kier alpha value is -3.62. The summed E-state index contributed by atoms with van der Waals surface area (Å²) in [5.74, 6) is -0.854. The summed E-state index contributed by atoms with van der Waals surface area (Å²) in [6.45, 7) is 0.416. The Morgan fingerprint density at radius 2 is 1.84 bits per heavy atom. The maximum absolute atomic E-state index is 13.0. The fourth-order valence-electron chi connectivity index (χ4n) is 3.93. The lowest BCUT2D eigenvalue weighted by Gasteiger charge is -2.33. The van der Waals surface area contributed by atoms with Crippen molar-refractivity contribution in [2.24, 2.45) is 0 Å². The SMILES string of the molecule is O=C(NC1CCCN(Cc2cccc(C(F)(F)F)c2)C1=O)c1c[nH]c(=O)c2ccccc12. The van der Waals surface area contributed by atoms with Gasteiger partial charge in [-0.3, -0.25) is 14.4 Å². The first-order chi connectivity index (χ1) is 15.2. The number of pyridine rings is 1. The third-order valence-corrected chi connectivity index (χ3v) is 5.52. The van der Waals surface area contributed by atoms with Gasteiger partial charge in [-0.05, 0) is 36.6 Å². The third-order valence-electron chi connectivity index (χ3n) is 5.52. The fraction of sp³-hybridized carbons (Fsp3) is 0.261. The normalized spacial score (nSPS) is 16.9. The number of amides is 2. The van der Waals surface area contributed by atoms with Crippen LogP contribution >= 0.6 is 0 Å². The molecule has 3 aromatic rings. The van der Waals surface area contributed by atoms with E-state index in [2.05, 4.69) is 10.3 Å². The number of alkyl halides is 3. The maximum atomic E-state index is 13.0. The van der Waals surface area contributed by atoms with Crippen LogP contribution in [0.2, 0.25) is 0 Å². The van der Waals surface area contributed by atoms with E-state index < -0.39 is 23.7 Å². The fourth-order valence-corrected chi connectivity index (χ4v) is 3.93. The molecule has 2 heterocycles. The summed E-state index contributed by atoms with van der Waals surface area (Å²) >= 11 is 0. The molecular weight excluding hydrogens is 423 g/mol. The molecule has 1 fully saturated rings. The van der Waals surface area contributed by atoms with Crippen LogP contribution in [0.1, 0.15) is 34.3 Å². The second-order valence-corrected chi connectivity index (χ2v) is 7.70. The van der Waals surface area contributed by atoms with Gasteiger partial charge in [0.2, 0.25) is 5.91 Å². The predicted molar refractivity (Wildman–Crippen MR) is 112 cm³/mol. The lowest BCUT2D eigenvalue weighted by atomic mass is 10.0. The van der Waals surface area contributed by atoms with E-state index in [1.54, 1.807) is 24.3 Å². The third kappa shape index (κ3) is 4.37. The van der Waals surface area contributed by atoms with Crippen LogP contribution in [0.15, 0.2) is 59.5 Å². The van der Waals surface area contributed by atoms with E-state index in [9.17, 15) is 27.6 Å². The number of hydrogen-bond donors (Lipinski definition) is 2. The summed E-state index contributed by atoms with van der Waals surface area (Å²) in [4.78, 5) is 41.8. The Morgan fingerprint density at radius 1 is 1.09 bits per heavy atom. The van der Waals surface area contributed by atoms with Crippen LogP contribution in [0.25, 0.3) is 10.8 Å². The van der Waals surface area contributed by atoms with Gasteiger partial charge in [-0.25, -0.2) is 0 Å². The number of nitrogens with zero attached hydrogens (tertiary/aromatic N) is 1. The highest BCUT2D eigenvalue weighted by molar-refractivity contribution is 6.07. The molecule has 4 rings (SSSR count). The van der Waals surface area contributed by atoms with Crippen molar-refractivity contribution in [2.75, 3.05) is 6.54 Å². The molecular formula is C23H20F3N3O3. The van der Waals surface area contributed by atoms with E-state index in [1.807, 2.05) is 0 Å². The number of piperidine rings is 1. The molecule has 0 bridgehead atoms. The van der Waals surface area contributed by atoms with Crippen LogP contribution in [0.4, 0.5) is 13.2 Å². The molecule has 0 spiro atoms. The van der Waals surface area contributed by atoms with E-state index in [0.717, 1.165) is 12.1 Å². The van der Waals surface area contributed by atoms with Crippen LogP contribution in [-0.2, 0) is 17.5 Å². The molecule has 1 aliphatic rings. The Morgan fingerprint density at radius 3 is 2.59 bits per heavy atom. The molecule has 0 saturated carbocycles. The highest BCUT2D eigenvalue weighted by Gasteiger charge is 2.32. The molecule has 1 unspecified atom stereocenters. The largest absolute Gasteiger partial charge is 0.416 e. The molecule has 166 valence electrons.